The zero-order valence-corrected chi connectivity index (χ0v) is 11.2. The summed E-state index contributed by atoms with van der Waals surface area (Å²) in [5.74, 6) is 6.79. The number of hydrogen-bond donors (Lipinski definition) is 2. The number of nitrogens with two attached hydrogens (primary N) is 1. The Kier molecular flexibility index (Phi) is 4.01. The number of ether oxygens (including phenoxy) is 2. The molecule has 3 N–H and O–H groups in total. The summed E-state index contributed by atoms with van der Waals surface area (Å²) in [7, 11) is 0. The quantitative estimate of drug-likeness (QED) is 0.644. The van der Waals surface area contributed by atoms with E-state index in [-0.39, 0.29) is 6.04 Å². The Bertz CT molecular complexity index is 430. The number of benzene rings is 1. The first kappa shape index (κ1) is 12.9. The maximum Gasteiger partial charge on any atom is 0.127 e. The van der Waals surface area contributed by atoms with Crippen molar-refractivity contribution in [2.75, 3.05) is 13.2 Å². The third-order valence-corrected chi connectivity index (χ3v) is 4.06. The van der Waals surface area contributed by atoms with Gasteiger partial charge in [0.15, 0.2) is 0 Å². The minimum absolute atomic E-state index is 0.108. The van der Waals surface area contributed by atoms with Crippen molar-refractivity contribution in [2.24, 2.45) is 5.84 Å². The summed E-state index contributed by atoms with van der Waals surface area (Å²) >= 11 is 0. The molecule has 2 atom stereocenters. The molecule has 2 aliphatic heterocycles. The van der Waals surface area contributed by atoms with Crippen LogP contribution in [-0.2, 0) is 11.2 Å². The second kappa shape index (κ2) is 5.90. The van der Waals surface area contributed by atoms with Crippen LogP contribution in [0.1, 0.15) is 42.9 Å². The van der Waals surface area contributed by atoms with E-state index in [4.69, 9.17) is 15.3 Å². The van der Waals surface area contributed by atoms with Crippen LogP contribution in [0.15, 0.2) is 18.2 Å². The molecule has 1 fully saturated rings. The molecule has 4 heteroatoms. The molecular weight excluding hydrogens is 240 g/mol. The highest BCUT2D eigenvalue weighted by Crippen LogP contribution is 2.35. The van der Waals surface area contributed by atoms with E-state index in [1.54, 1.807) is 0 Å². The van der Waals surface area contributed by atoms with E-state index in [1.165, 1.54) is 11.1 Å². The highest BCUT2D eigenvalue weighted by atomic mass is 16.5. The highest BCUT2D eigenvalue weighted by Gasteiger charge is 2.25. The highest BCUT2D eigenvalue weighted by molar-refractivity contribution is 5.44. The van der Waals surface area contributed by atoms with Gasteiger partial charge < -0.3 is 9.47 Å². The fourth-order valence-electron chi connectivity index (χ4n) is 3.07. The predicted molar refractivity (Wildman–Crippen MR) is 73.9 cm³/mol. The van der Waals surface area contributed by atoms with Crippen LogP contribution in [0.4, 0.5) is 0 Å². The number of fused-ring (bicyclic) bond motifs is 1. The van der Waals surface area contributed by atoms with Crippen LogP contribution in [-0.4, -0.2) is 19.3 Å². The Morgan fingerprint density at radius 1 is 1.32 bits per heavy atom. The van der Waals surface area contributed by atoms with Crippen LogP contribution in [0.5, 0.6) is 5.75 Å². The van der Waals surface area contributed by atoms with E-state index in [9.17, 15) is 0 Å². The Morgan fingerprint density at radius 3 is 3.05 bits per heavy atom. The van der Waals surface area contributed by atoms with E-state index in [0.29, 0.717) is 6.10 Å². The summed E-state index contributed by atoms with van der Waals surface area (Å²) in [6.07, 6.45) is 5.72. The van der Waals surface area contributed by atoms with Gasteiger partial charge in [-0.2, -0.15) is 0 Å². The van der Waals surface area contributed by atoms with E-state index in [1.807, 2.05) is 0 Å². The largest absolute Gasteiger partial charge is 0.493 e. The predicted octanol–water partition coefficient (Wildman–Crippen LogP) is 2.09. The molecule has 1 saturated heterocycles. The standard InChI is InChI=1S/C15H22N2O2/c16-17-14(10-12-6-3-8-18-12)13-7-1-4-11-5-2-9-19-15(11)13/h1,4,7,12,14,17H,2-3,5-6,8-10,16H2. The molecule has 0 aliphatic carbocycles. The maximum absolute atomic E-state index is 5.87. The molecule has 19 heavy (non-hydrogen) atoms. The molecule has 0 saturated carbocycles. The molecule has 4 nitrogen and oxygen atoms in total. The van der Waals surface area contributed by atoms with Crippen molar-refractivity contribution in [3.63, 3.8) is 0 Å². The number of hydrogen-bond acceptors (Lipinski definition) is 4. The number of para-hydroxylation sites is 1. The zero-order valence-electron chi connectivity index (χ0n) is 11.2. The molecule has 2 aliphatic rings. The van der Waals surface area contributed by atoms with Gasteiger partial charge in [0, 0.05) is 12.2 Å². The lowest BCUT2D eigenvalue weighted by atomic mass is 9.94. The fourth-order valence-corrected chi connectivity index (χ4v) is 3.07. The van der Waals surface area contributed by atoms with Crippen molar-refractivity contribution in [2.45, 2.75) is 44.2 Å². The molecule has 0 amide bonds. The van der Waals surface area contributed by atoms with Crippen LogP contribution >= 0.6 is 0 Å². The summed E-state index contributed by atoms with van der Waals surface area (Å²) in [5.41, 5.74) is 5.41. The van der Waals surface area contributed by atoms with Gasteiger partial charge in [0.1, 0.15) is 5.75 Å². The molecule has 0 radical (unpaired) electrons. The topological polar surface area (TPSA) is 56.5 Å². The lowest BCUT2D eigenvalue weighted by molar-refractivity contribution is 0.0941. The molecule has 2 heterocycles. The first-order chi connectivity index (χ1) is 9.38. The van der Waals surface area contributed by atoms with Gasteiger partial charge >= 0.3 is 0 Å². The van der Waals surface area contributed by atoms with Crippen molar-refractivity contribution >= 4 is 0 Å². The average molecular weight is 262 g/mol. The van der Waals surface area contributed by atoms with Gasteiger partial charge in [0.25, 0.3) is 0 Å². The van der Waals surface area contributed by atoms with Gasteiger partial charge in [-0.05, 0) is 37.7 Å². The number of aryl methyl sites for hydroxylation is 1. The minimum atomic E-state index is 0.108. The van der Waals surface area contributed by atoms with Gasteiger partial charge in [-0.25, -0.2) is 0 Å². The lowest BCUT2D eigenvalue weighted by Gasteiger charge is -2.26. The molecule has 2 unspecified atom stereocenters. The van der Waals surface area contributed by atoms with Gasteiger partial charge in [-0.1, -0.05) is 18.2 Å². The smallest absolute Gasteiger partial charge is 0.127 e. The van der Waals surface area contributed by atoms with E-state index in [0.717, 1.165) is 51.1 Å². The molecule has 0 bridgehead atoms. The van der Waals surface area contributed by atoms with E-state index < -0.39 is 0 Å². The number of hydrazine groups is 1. The van der Waals surface area contributed by atoms with Crippen LogP contribution in [0, 0.1) is 0 Å². The summed E-state index contributed by atoms with van der Waals surface area (Å²) in [4.78, 5) is 0. The summed E-state index contributed by atoms with van der Waals surface area (Å²) < 4.78 is 11.6. The Hall–Kier alpha value is -1.10. The van der Waals surface area contributed by atoms with Gasteiger partial charge in [0.2, 0.25) is 0 Å². The van der Waals surface area contributed by atoms with E-state index >= 15 is 0 Å². The van der Waals surface area contributed by atoms with Crippen LogP contribution in [0.25, 0.3) is 0 Å². The summed E-state index contributed by atoms with van der Waals surface area (Å²) in [6, 6.07) is 6.47. The van der Waals surface area contributed by atoms with Crippen molar-refractivity contribution in [1.29, 1.82) is 0 Å². The third kappa shape index (κ3) is 2.76. The van der Waals surface area contributed by atoms with Crippen LogP contribution in [0.2, 0.25) is 0 Å². The molecule has 3 rings (SSSR count). The number of nitrogens with one attached hydrogen (secondary N) is 1. The number of rotatable bonds is 4. The summed E-state index contributed by atoms with van der Waals surface area (Å²) in [6.45, 7) is 1.69. The molecule has 1 aromatic carbocycles. The second-order valence-electron chi connectivity index (χ2n) is 5.38. The summed E-state index contributed by atoms with van der Waals surface area (Å²) in [5, 5.41) is 0. The first-order valence-corrected chi connectivity index (χ1v) is 7.21. The Labute approximate surface area is 114 Å². The maximum atomic E-state index is 5.87. The monoisotopic (exact) mass is 262 g/mol. The van der Waals surface area contributed by atoms with Crippen molar-refractivity contribution in [3.05, 3.63) is 29.3 Å². The van der Waals surface area contributed by atoms with Crippen LogP contribution < -0.4 is 16.0 Å². The van der Waals surface area contributed by atoms with Gasteiger partial charge in [-0.15, -0.1) is 0 Å². The Morgan fingerprint density at radius 2 is 2.26 bits per heavy atom. The minimum Gasteiger partial charge on any atom is -0.493 e. The van der Waals surface area contributed by atoms with Crippen molar-refractivity contribution < 1.29 is 9.47 Å². The SMILES string of the molecule is NNC(CC1CCCO1)c1cccc2c1OCCC2. The molecule has 0 aromatic heterocycles. The van der Waals surface area contributed by atoms with Gasteiger partial charge in [0.05, 0.1) is 18.8 Å². The van der Waals surface area contributed by atoms with Crippen molar-refractivity contribution in [1.82, 2.24) is 5.43 Å². The first-order valence-electron chi connectivity index (χ1n) is 7.21. The van der Waals surface area contributed by atoms with E-state index in [2.05, 4.69) is 23.6 Å². The molecular formula is C15H22N2O2. The normalized spacial score (nSPS) is 23.7. The van der Waals surface area contributed by atoms with Gasteiger partial charge in [-0.3, -0.25) is 11.3 Å². The zero-order chi connectivity index (χ0) is 13.1. The third-order valence-electron chi connectivity index (χ3n) is 4.06. The molecule has 0 spiro atoms. The van der Waals surface area contributed by atoms with Crippen molar-refractivity contribution in [3.8, 4) is 5.75 Å². The Balaban J connectivity index is 1.81. The second-order valence-corrected chi connectivity index (χ2v) is 5.38. The fraction of sp³-hybridized carbons (Fsp3) is 0.600. The molecule has 1 aromatic rings. The average Bonchev–Trinajstić information content (AvgIpc) is 2.97. The van der Waals surface area contributed by atoms with Crippen LogP contribution in [0.3, 0.4) is 0 Å². The molecule has 104 valence electrons. The lowest BCUT2D eigenvalue weighted by Crippen LogP contribution is -2.31.